The number of hydrogen-bond acceptors (Lipinski definition) is 4. The minimum atomic E-state index is -1.09. The van der Waals surface area contributed by atoms with Crippen molar-refractivity contribution in [1.82, 2.24) is 4.98 Å². The molecule has 1 N–H and O–H groups in total. The Hall–Kier alpha value is -2.27. The quantitative estimate of drug-likeness (QED) is 0.911. The lowest BCUT2D eigenvalue weighted by Crippen LogP contribution is -1.98. The molecule has 104 valence electrons. The van der Waals surface area contributed by atoms with E-state index in [9.17, 15) is 4.79 Å². The number of benzene rings is 1. The van der Waals surface area contributed by atoms with Gasteiger partial charge in [-0.15, -0.1) is 0 Å². The lowest BCUT2D eigenvalue weighted by molar-refractivity contribution is 0.0696. The van der Waals surface area contributed by atoms with Crippen LogP contribution in [-0.2, 0) is 0 Å². The molecule has 0 aliphatic carbocycles. The van der Waals surface area contributed by atoms with Gasteiger partial charge in [-0.25, -0.2) is 9.78 Å². The predicted molar refractivity (Wildman–Crippen MR) is 73.9 cm³/mol. The van der Waals surface area contributed by atoms with Crippen molar-refractivity contribution in [1.29, 1.82) is 0 Å². The molecule has 0 fully saturated rings. The highest BCUT2D eigenvalue weighted by atomic mass is 35.5. The molecule has 0 saturated carbocycles. The van der Waals surface area contributed by atoms with Crippen LogP contribution in [0, 0.1) is 0 Å². The Morgan fingerprint density at radius 2 is 1.95 bits per heavy atom. The van der Waals surface area contributed by atoms with Gasteiger partial charge in [-0.1, -0.05) is 11.6 Å². The number of carbonyl (C=O) groups is 1. The normalized spacial score (nSPS) is 10.1. The molecule has 0 aliphatic heterocycles. The summed E-state index contributed by atoms with van der Waals surface area (Å²) in [4.78, 5) is 14.7. The minimum Gasteiger partial charge on any atom is -0.494 e. The van der Waals surface area contributed by atoms with E-state index in [1.54, 1.807) is 24.3 Å². The summed E-state index contributed by atoms with van der Waals surface area (Å²) in [6.45, 7) is 2.49. The number of halogens is 1. The summed E-state index contributed by atoms with van der Waals surface area (Å²) in [5.74, 6) is 0.332. The largest absolute Gasteiger partial charge is 0.494 e. The Balaban J connectivity index is 2.15. The molecule has 0 saturated heterocycles. The Morgan fingerprint density at radius 3 is 2.50 bits per heavy atom. The molecule has 0 aliphatic rings. The van der Waals surface area contributed by atoms with Gasteiger partial charge in [-0.2, -0.15) is 0 Å². The van der Waals surface area contributed by atoms with Crippen LogP contribution in [0.4, 0.5) is 0 Å². The van der Waals surface area contributed by atoms with Crippen molar-refractivity contribution in [3.05, 3.63) is 47.1 Å². The fourth-order valence-corrected chi connectivity index (χ4v) is 1.70. The van der Waals surface area contributed by atoms with Gasteiger partial charge in [0.1, 0.15) is 16.5 Å². The third-order valence-electron chi connectivity index (χ3n) is 2.40. The topological polar surface area (TPSA) is 68.7 Å². The molecule has 0 radical (unpaired) electrons. The number of aromatic carboxylic acids is 1. The maximum atomic E-state index is 10.8. The molecule has 1 heterocycles. The molecule has 2 rings (SSSR count). The second kappa shape index (κ2) is 6.25. The second-order valence-corrected chi connectivity index (χ2v) is 4.23. The number of ether oxygens (including phenoxy) is 2. The van der Waals surface area contributed by atoms with E-state index in [2.05, 4.69) is 4.98 Å². The van der Waals surface area contributed by atoms with Crippen LogP contribution in [0.15, 0.2) is 36.5 Å². The van der Waals surface area contributed by atoms with Gasteiger partial charge in [0, 0.05) is 6.20 Å². The fraction of sp³-hybridized carbons (Fsp3) is 0.143. The van der Waals surface area contributed by atoms with E-state index in [-0.39, 0.29) is 16.5 Å². The first-order valence-corrected chi connectivity index (χ1v) is 6.27. The smallest absolute Gasteiger partial charge is 0.337 e. The van der Waals surface area contributed by atoms with Crippen molar-refractivity contribution in [2.24, 2.45) is 0 Å². The lowest BCUT2D eigenvalue weighted by Gasteiger charge is -2.08. The van der Waals surface area contributed by atoms with E-state index in [0.717, 1.165) is 5.75 Å². The molecule has 0 bridgehead atoms. The van der Waals surface area contributed by atoms with E-state index in [4.69, 9.17) is 26.2 Å². The Labute approximate surface area is 120 Å². The van der Waals surface area contributed by atoms with E-state index in [1.807, 2.05) is 6.92 Å². The fourth-order valence-electron chi connectivity index (χ4n) is 1.50. The highest BCUT2D eigenvalue weighted by molar-refractivity contribution is 6.32. The van der Waals surface area contributed by atoms with Gasteiger partial charge in [0.05, 0.1) is 12.2 Å². The monoisotopic (exact) mass is 293 g/mol. The summed E-state index contributed by atoms with van der Waals surface area (Å²) in [5, 5.41) is 8.96. The predicted octanol–water partition coefficient (Wildman–Crippen LogP) is 3.62. The summed E-state index contributed by atoms with van der Waals surface area (Å²) in [5.41, 5.74) is 0.00837. The number of rotatable bonds is 5. The van der Waals surface area contributed by atoms with Gasteiger partial charge in [0.2, 0.25) is 5.88 Å². The molecule has 0 amide bonds. The SMILES string of the molecule is CCOc1ccc(Oc2ncc(C(=O)O)cc2Cl)cc1. The molecule has 1 aromatic carbocycles. The van der Waals surface area contributed by atoms with Crippen LogP contribution >= 0.6 is 11.6 Å². The van der Waals surface area contributed by atoms with Crippen LogP contribution < -0.4 is 9.47 Å². The molecule has 0 atom stereocenters. The van der Waals surface area contributed by atoms with E-state index in [1.165, 1.54) is 12.3 Å². The average Bonchev–Trinajstić information content (AvgIpc) is 2.43. The molecular weight excluding hydrogens is 282 g/mol. The summed E-state index contributed by atoms with van der Waals surface area (Å²) in [6, 6.07) is 8.25. The van der Waals surface area contributed by atoms with Crippen molar-refractivity contribution in [2.75, 3.05) is 6.61 Å². The van der Waals surface area contributed by atoms with E-state index in [0.29, 0.717) is 12.4 Å². The third kappa shape index (κ3) is 3.39. The molecule has 6 heteroatoms. The highest BCUT2D eigenvalue weighted by Crippen LogP contribution is 2.28. The maximum Gasteiger partial charge on any atom is 0.337 e. The number of hydrogen-bond donors (Lipinski definition) is 1. The van der Waals surface area contributed by atoms with Gasteiger partial charge >= 0.3 is 5.97 Å². The van der Waals surface area contributed by atoms with Gasteiger partial charge in [-0.3, -0.25) is 0 Å². The Morgan fingerprint density at radius 1 is 1.30 bits per heavy atom. The van der Waals surface area contributed by atoms with Gasteiger partial charge in [-0.05, 0) is 37.3 Å². The van der Waals surface area contributed by atoms with Crippen LogP contribution in [0.5, 0.6) is 17.4 Å². The highest BCUT2D eigenvalue weighted by Gasteiger charge is 2.10. The number of carboxylic acid groups (broad SMARTS) is 1. The summed E-state index contributed by atoms with van der Waals surface area (Å²) in [6.07, 6.45) is 1.19. The van der Waals surface area contributed by atoms with Crippen molar-refractivity contribution in [3.8, 4) is 17.4 Å². The summed E-state index contributed by atoms with van der Waals surface area (Å²) < 4.78 is 10.8. The maximum absolute atomic E-state index is 10.8. The van der Waals surface area contributed by atoms with Crippen molar-refractivity contribution < 1.29 is 19.4 Å². The first-order chi connectivity index (χ1) is 9.60. The molecule has 0 unspecified atom stereocenters. The van der Waals surface area contributed by atoms with Crippen LogP contribution in [-0.4, -0.2) is 22.7 Å². The van der Waals surface area contributed by atoms with E-state index < -0.39 is 5.97 Å². The van der Waals surface area contributed by atoms with Crippen molar-refractivity contribution in [2.45, 2.75) is 6.92 Å². The first-order valence-electron chi connectivity index (χ1n) is 5.89. The van der Waals surface area contributed by atoms with Gasteiger partial charge in [0.25, 0.3) is 0 Å². The standard InChI is InChI=1S/C14H12ClNO4/c1-2-19-10-3-5-11(6-4-10)20-13-12(15)7-9(8-16-13)14(17)18/h3-8H,2H2,1H3,(H,17,18). The Kier molecular flexibility index (Phi) is 4.42. The van der Waals surface area contributed by atoms with Crippen LogP contribution in [0.25, 0.3) is 0 Å². The lowest BCUT2D eigenvalue weighted by atomic mass is 10.3. The van der Waals surface area contributed by atoms with Crippen LogP contribution in [0.3, 0.4) is 0 Å². The number of carboxylic acids is 1. The summed E-state index contributed by atoms with van der Waals surface area (Å²) in [7, 11) is 0. The molecule has 2 aromatic rings. The van der Waals surface area contributed by atoms with Crippen LogP contribution in [0.1, 0.15) is 17.3 Å². The Bertz CT molecular complexity index is 613. The van der Waals surface area contributed by atoms with Gasteiger partial charge in [0.15, 0.2) is 0 Å². The summed E-state index contributed by atoms with van der Waals surface area (Å²) >= 11 is 5.93. The van der Waals surface area contributed by atoms with E-state index >= 15 is 0 Å². The first kappa shape index (κ1) is 14.1. The van der Waals surface area contributed by atoms with Crippen molar-refractivity contribution >= 4 is 17.6 Å². The molecule has 1 aromatic heterocycles. The number of aromatic nitrogens is 1. The molecule has 20 heavy (non-hydrogen) atoms. The zero-order chi connectivity index (χ0) is 14.5. The number of nitrogens with zero attached hydrogens (tertiary/aromatic N) is 1. The second-order valence-electron chi connectivity index (χ2n) is 3.82. The third-order valence-corrected chi connectivity index (χ3v) is 2.67. The van der Waals surface area contributed by atoms with Crippen LogP contribution in [0.2, 0.25) is 5.02 Å². The van der Waals surface area contributed by atoms with Gasteiger partial charge < -0.3 is 14.6 Å². The van der Waals surface area contributed by atoms with Crippen molar-refractivity contribution in [3.63, 3.8) is 0 Å². The minimum absolute atomic E-state index is 0.00837. The molecule has 0 spiro atoms. The molecule has 5 nitrogen and oxygen atoms in total. The average molecular weight is 294 g/mol. The number of pyridine rings is 1. The zero-order valence-electron chi connectivity index (χ0n) is 10.7. The zero-order valence-corrected chi connectivity index (χ0v) is 11.4. The molecular formula is C14H12ClNO4.